The van der Waals surface area contributed by atoms with Crippen molar-refractivity contribution in [3.05, 3.63) is 65.5 Å². The van der Waals surface area contributed by atoms with Crippen molar-refractivity contribution in [2.45, 2.75) is 31.9 Å². The Morgan fingerprint density at radius 1 is 1.19 bits per heavy atom. The topological polar surface area (TPSA) is 33.2 Å². The standard InChI is InChI=1S/C20H21F3N2O/c1-2-25(12-10-16-5-3-4-11-24-16)19(26)18-13-17(18)14-6-8-15(9-7-14)20(21,22)23/h3-9,11,17-18H,2,10,12-13H2,1H3. The van der Waals surface area contributed by atoms with E-state index in [2.05, 4.69) is 4.98 Å². The van der Waals surface area contributed by atoms with E-state index in [1.165, 1.54) is 12.1 Å². The largest absolute Gasteiger partial charge is 0.416 e. The molecule has 0 N–H and O–H groups in total. The minimum atomic E-state index is -4.33. The molecule has 0 aliphatic heterocycles. The third-order valence-corrected chi connectivity index (χ3v) is 4.83. The first kappa shape index (κ1) is 18.4. The van der Waals surface area contributed by atoms with Crippen LogP contribution in [0.1, 0.15) is 36.1 Å². The van der Waals surface area contributed by atoms with Gasteiger partial charge in [0, 0.05) is 37.3 Å². The molecule has 0 spiro atoms. The number of nitrogens with zero attached hydrogens (tertiary/aromatic N) is 2. The van der Waals surface area contributed by atoms with Gasteiger partial charge in [0.15, 0.2) is 0 Å². The van der Waals surface area contributed by atoms with Gasteiger partial charge in [0.25, 0.3) is 0 Å². The first-order valence-corrected chi connectivity index (χ1v) is 8.76. The molecule has 3 nitrogen and oxygen atoms in total. The lowest BCUT2D eigenvalue weighted by atomic mass is 10.1. The molecule has 1 aromatic heterocycles. The highest BCUT2D eigenvalue weighted by atomic mass is 19.4. The van der Waals surface area contributed by atoms with Crippen molar-refractivity contribution in [2.75, 3.05) is 13.1 Å². The zero-order valence-electron chi connectivity index (χ0n) is 14.5. The summed E-state index contributed by atoms with van der Waals surface area (Å²) in [6, 6.07) is 10.9. The average molecular weight is 362 g/mol. The Morgan fingerprint density at radius 2 is 1.92 bits per heavy atom. The molecule has 1 heterocycles. The summed E-state index contributed by atoms with van der Waals surface area (Å²) in [7, 11) is 0. The average Bonchev–Trinajstić information content (AvgIpc) is 3.43. The van der Waals surface area contributed by atoms with Crippen LogP contribution in [0.5, 0.6) is 0 Å². The predicted octanol–water partition coefficient (Wildman–Crippen LogP) is 4.30. The quantitative estimate of drug-likeness (QED) is 0.768. The lowest BCUT2D eigenvalue weighted by Gasteiger charge is -2.21. The molecule has 26 heavy (non-hydrogen) atoms. The second-order valence-electron chi connectivity index (χ2n) is 6.56. The molecule has 6 heteroatoms. The van der Waals surface area contributed by atoms with Gasteiger partial charge in [-0.3, -0.25) is 9.78 Å². The maximum absolute atomic E-state index is 12.7. The molecule has 1 aliphatic carbocycles. The Hall–Kier alpha value is -2.37. The van der Waals surface area contributed by atoms with Gasteiger partial charge in [0.05, 0.1) is 5.56 Å². The summed E-state index contributed by atoms with van der Waals surface area (Å²) in [5.74, 6) is -0.0302. The lowest BCUT2D eigenvalue weighted by Crippen LogP contribution is -2.34. The zero-order chi connectivity index (χ0) is 18.7. The molecular weight excluding hydrogens is 341 g/mol. The van der Waals surface area contributed by atoms with Gasteiger partial charge in [-0.25, -0.2) is 0 Å². The van der Waals surface area contributed by atoms with Gasteiger partial charge in [-0.05, 0) is 49.1 Å². The Balaban J connectivity index is 1.58. The van der Waals surface area contributed by atoms with E-state index in [4.69, 9.17) is 0 Å². The van der Waals surface area contributed by atoms with Crippen LogP contribution < -0.4 is 0 Å². The number of carbonyl (C=O) groups is 1. The number of hydrogen-bond donors (Lipinski definition) is 0. The van der Waals surface area contributed by atoms with Crippen molar-refractivity contribution in [3.63, 3.8) is 0 Å². The molecule has 1 amide bonds. The third-order valence-electron chi connectivity index (χ3n) is 4.83. The number of benzene rings is 1. The van der Waals surface area contributed by atoms with Gasteiger partial charge in [0.1, 0.15) is 0 Å². The maximum atomic E-state index is 12.7. The van der Waals surface area contributed by atoms with Gasteiger partial charge in [-0.2, -0.15) is 13.2 Å². The van der Waals surface area contributed by atoms with E-state index in [1.54, 1.807) is 6.20 Å². The molecule has 138 valence electrons. The van der Waals surface area contributed by atoms with Crippen LogP contribution in [0, 0.1) is 5.92 Å². The van der Waals surface area contributed by atoms with Crippen LogP contribution in [-0.2, 0) is 17.4 Å². The summed E-state index contributed by atoms with van der Waals surface area (Å²) in [4.78, 5) is 18.8. The zero-order valence-corrected chi connectivity index (χ0v) is 14.5. The maximum Gasteiger partial charge on any atom is 0.416 e. The minimum Gasteiger partial charge on any atom is -0.342 e. The molecule has 0 saturated heterocycles. The molecule has 0 radical (unpaired) electrons. The van der Waals surface area contributed by atoms with Crippen molar-refractivity contribution < 1.29 is 18.0 Å². The van der Waals surface area contributed by atoms with E-state index in [1.807, 2.05) is 30.0 Å². The highest BCUT2D eigenvalue weighted by molar-refractivity contribution is 5.83. The summed E-state index contributed by atoms with van der Waals surface area (Å²) in [5, 5.41) is 0. The normalized spacial score (nSPS) is 19.2. The van der Waals surface area contributed by atoms with Crippen LogP contribution in [0.4, 0.5) is 13.2 Å². The highest BCUT2D eigenvalue weighted by Crippen LogP contribution is 2.48. The molecule has 2 aromatic rings. The SMILES string of the molecule is CCN(CCc1ccccn1)C(=O)C1CC1c1ccc(C(F)(F)F)cc1. The van der Waals surface area contributed by atoms with Gasteiger partial charge in [-0.15, -0.1) is 0 Å². The number of alkyl halides is 3. The molecule has 3 rings (SSSR count). The number of halogens is 3. The van der Waals surface area contributed by atoms with E-state index in [-0.39, 0.29) is 17.7 Å². The number of rotatable bonds is 6. The fourth-order valence-electron chi connectivity index (χ4n) is 3.21. The Kier molecular flexibility index (Phi) is 5.30. The Bertz CT molecular complexity index is 744. The lowest BCUT2D eigenvalue weighted by molar-refractivity contribution is -0.137. The van der Waals surface area contributed by atoms with E-state index < -0.39 is 11.7 Å². The Morgan fingerprint density at radius 3 is 2.50 bits per heavy atom. The summed E-state index contributed by atoms with van der Waals surface area (Å²) in [6.07, 6.45) is -1.21. The second-order valence-corrected chi connectivity index (χ2v) is 6.56. The third kappa shape index (κ3) is 4.23. The number of pyridine rings is 1. The van der Waals surface area contributed by atoms with E-state index in [0.717, 1.165) is 23.4 Å². The molecular formula is C20H21F3N2O. The fraction of sp³-hybridized carbons (Fsp3) is 0.400. The van der Waals surface area contributed by atoms with Crippen molar-refractivity contribution in [2.24, 2.45) is 5.92 Å². The van der Waals surface area contributed by atoms with E-state index >= 15 is 0 Å². The fourth-order valence-corrected chi connectivity index (χ4v) is 3.21. The van der Waals surface area contributed by atoms with E-state index in [0.29, 0.717) is 25.9 Å². The molecule has 2 atom stereocenters. The van der Waals surface area contributed by atoms with E-state index in [9.17, 15) is 18.0 Å². The molecule has 1 fully saturated rings. The van der Waals surface area contributed by atoms with Crippen LogP contribution >= 0.6 is 0 Å². The van der Waals surface area contributed by atoms with Crippen LogP contribution in [0.15, 0.2) is 48.7 Å². The first-order chi connectivity index (χ1) is 12.4. The minimum absolute atomic E-state index is 0.0219. The summed E-state index contributed by atoms with van der Waals surface area (Å²) in [5.41, 5.74) is 1.08. The molecule has 2 unspecified atom stereocenters. The van der Waals surface area contributed by atoms with Gasteiger partial charge in [-0.1, -0.05) is 18.2 Å². The van der Waals surface area contributed by atoms with Crippen molar-refractivity contribution in [1.29, 1.82) is 0 Å². The van der Waals surface area contributed by atoms with Crippen LogP contribution in [-0.4, -0.2) is 28.9 Å². The predicted molar refractivity (Wildman–Crippen MR) is 92.5 cm³/mol. The Labute approximate surface area is 150 Å². The smallest absolute Gasteiger partial charge is 0.342 e. The molecule has 1 saturated carbocycles. The number of hydrogen-bond acceptors (Lipinski definition) is 2. The molecule has 0 bridgehead atoms. The van der Waals surface area contributed by atoms with Gasteiger partial charge in [0.2, 0.25) is 5.91 Å². The number of amides is 1. The van der Waals surface area contributed by atoms with Gasteiger partial charge >= 0.3 is 6.18 Å². The molecule has 1 aromatic carbocycles. The monoisotopic (exact) mass is 362 g/mol. The molecule has 1 aliphatic rings. The van der Waals surface area contributed by atoms with Crippen LogP contribution in [0.25, 0.3) is 0 Å². The van der Waals surface area contributed by atoms with Crippen molar-refractivity contribution in [1.82, 2.24) is 9.88 Å². The second kappa shape index (κ2) is 7.48. The van der Waals surface area contributed by atoms with Crippen molar-refractivity contribution >= 4 is 5.91 Å². The highest BCUT2D eigenvalue weighted by Gasteiger charge is 2.45. The van der Waals surface area contributed by atoms with Gasteiger partial charge < -0.3 is 4.90 Å². The van der Waals surface area contributed by atoms with Crippen molar-refractivity contribution in [3.8, 4) is 0 Å². The number of aromatic nitrogens is 1. The van der Waals surface area contributed by atoms with Crippen LogP contribution in [0.3, 0.4) is 0 Å². The summed E-state index contributed by atoms with van der Waals surface area (Å²) in [6.45, 7) is 3.15. The number of carbonyl (C=O) groups excluding carboxylic acids is 1. The van der Waals surface area contributed by atoms with Crippen LogP contribution in [0.2, 0.25) is 0 Å². The first-order valence-electron chi connectivity index (χ1n) is 8.76. The number of likely N-dealkylation sites (N-methyl/N-ethyl adjacent to an activating group) is 1. The summed E-state index contributed by atoms with van der Waals surface area (Å²) < 4.78 is 38.0. The summed E-state index contributed by atoms with van der Waals surface area (Å²) >= 11 is 0.